The van der Waals surface area contributed by atoms with Crippen LogP contribution in [-0.4, -0.2) is 56.3 Å². The van der Waals surface area contributed by atoms with Gasteiger partial charge < -0.3 is 31.6 Å². The Morgan fingerprint density at radius 1 is 1.23 bits per heavy atom. The number of nitrogens with zero attached hydrogens (tertiary/aromatic N) is 1. The molecule has 0 bridgehead atoms. The molecule has 1 fully saturated rings. The van der Waals surface area contributed by atoms with E-state index in [1.165, 1.54) is 13.1 Å². The van der Waals surface area contributed by atoms with Crippen LogP contribution in [0.25, 0.3) is 0 Å². The van der Waals surface area contributed by atoms with Gasteiger partial charge in [-0.15, -0.1) is 0 Å². The second kappa shape index (κ2) is 14.1. The molecule has 1 saturated carbocycles. The monoisotopic (exact) mass is 487 g/mol. The number of nitrogens with two attached hydrogens (primary N) is 2. The maximum atomic E-state index is 13.1. The van der Waals surface area contributed by atoms with Gasteiger partial charge in [-0.25, -0.2) is 0 Å². The van der Waals surface area contributed by atoms with Crippen molar-refractivity contribution in [3.05, 3.63) is 41.6 Å². The molecule has 1 aliphatic rings. The summed E-state index contributed by atoms with van der Waals surface area (Å²) in [5, 5.41) is 5.66. The van der Waals surface area contributed by atoms with Crippen molar-refractivity contribution in [1.82, 2.24) is 10.6 Å². The first-order valence-electron chi connectivity index (χ1n) is 11.8. The summed E-state index contributed by atoms with van der Waals surface area (Å²) in [5.41, 5.74) is 12.7. The highest BCUT2D eigenvalue weighted by Crippen LogP contribution is 2.27. The van der Waals surface area contributed by atoms with Gasteiger partial charge in [0.2, 0.25) is 5.91 Å². The third-order valence-electron chi connectivity index (χ3n) is 5.84. The first-order valence-corrected chi connectivity index (χ1v) is 11.8. The number of ether oxygens (including phenoxy) is 2. The Kier molecular flexibility index (Phi) is 11.2. The number of carbonyl (C=O) groups excluding carboxylic acids is 3. The van der Waals surface area contributed by atoms with Crippen LogP contribution < -0.4 is 26.8 Å². The summed E-state index contributed by atoms with van der Waals surface area (Å²) in [6.45, 7) is 2.16. The lowest BCUT2D eigenvalue weighted by Crippen LogP contribution is -2.52. The predicted octanol–water partition coefficient (Wildman–Crippen LogP) is 1.18. The zero-order valence-electron chi connectivity index (χ0n) is 20.7. The molecule has 0 aromatic heterocycles. The Hall–Kier alpha value is -3.40. The van der Waals surface area contributed by atoms with E-state index < -0.39 is 17.9 Å². The van der Waals surface area contributed by atoms with Gasteiger partial charge in [0.25, 0.3) is 5.91 Å². The summed E-state index contributed by atoms with van der Waals surface area (Å²) in [5.74, 6) is -0.942. The van der Waals surface area contributed by atoms with E-state index >= 15 is 0 Å². The lowest BCUT2D eigenvalue weighted by Gasteiger charge is -2.24. The summed E-state index contributed by atoms with van der Waals surface area (Å²) in [6.07, 6.45) is 4.41. The van der Waals surface area contributed by atoms with Gasteiger partial charge in [0, 0.05) is 18.8 Å². The highest BCUT2D eigenvalue weighted by molar-refractivity contribution is 6.43. The van der Waals surface area contributed by atoms with Crippen LogP contribution in [0.1, 0.15) is 44.6 Å². The number of nitrogens with one attached hydrogen (secondary N) is 2. The van der Waals surface area contributed by atoms with Crippen LogP contribution >= 0.6 is 0 Å². The van der Waals surface area contributed by atoms with Crippen molar-refractivity contribution in [2.75, 3.05) is 20.7 Å². The molecule has 0 aliphatic heterocycles. The van der Waals surface area contributed by atoms with Gasteiger partial charge in [-0.05, 0) is 62.9 Å². The van der Waals surface area contributed by atoms with E-state index in [2.05, 4.69) is 15.6 Å². The minimum absolute atomic E-state index is 0.122. The SMILES string of the molecule is CN=C(/C=C(/C)N)C(=O)N[C@@H](CCCN)C(=O)N[C@H]1CCC[C@H]1C(=O)OCc1ccc(OC)cc1. The average molecular weight is 488 g/mol. The molecule has 6 N–H and O–H groups in total. The van der Waals surface area contributed by atoms with Crippen molar-refractivity contribution < 1.29 is 23.9 Å². The molecule has 192 valence electrons. The van der Waals surface area contributed by atoms with Gasteiger partial charge in [-0.1, -0.05) is 18.6 Å². The molecular weight excluding hydrogens is 450 g/mol. The van der Waals surface area contributed by atoms with Gasteiger partial charge in [-0.2, -0.15) is 0 Å². The van der Waals surface area contributed by atoms with Crippen molar-refractivity contribution >= 4 is 23.5 Å². The van der Waals surface area contributed by atoms with E-state index in [0.29, 0.717) is 37.9 Å². The lowest BCUT2D eigenvalue weighted by atomic mass is 10.0. The number of rotatable bonds is 12. The topological polar surface area (TPSA) is 158 Å². The molecule has 3 atom stereocenters. The second-order valence-electron chi connectivity index (χ2n) is 8.56. The van der Waals surface area contributed by atoms with Gasteiger partial charge in [-0.3, -0.25) is 19.4 Å². The summed E-state index contributed by atoms with van der Waals surface area (Å²) in [4.78, 5) is 42.4. The molecule has 2 rings (SSSR count). The average Bonchev–Trinajstić information content (AvgIpc) is 3.31. The number of hydrogen-bond acceptors (Lipinski definition) is 8. The number of carbonyl (C=O) groups is 3. The molecule has 0 radical (unpaired) electrons. The Balaban J connectivity index is 1.99. The summed E-state index contributed by atoms with van der Waals surface area (Å²) in [6, 6.07) is 6.09. The van der Waals surface area contributed by atoms with Gasteiger partial charge >= 0.3 is 5.97 Å². The summed E-state index contributed by atoms with van der Waals surface area (Å²) >= 11 is 0. The van der Waals surface area contributed by atoms with E-state index in [-0.39, 0.29) is 30.2 Å². The van der Waals surface area contributed by atoms with Crippen LogP contribution in [0.2, 0.25) is 0 Å². The fourth-order valence-electron chi connectivity index (χ4n) is 3.95. The van der Waals surface area contributed by atoms with Gasteiger partial charge in [0.1, 0.15) is 24.1 Å². The van der Waals surface area contributed by atoms with Crippen LogP contribution in [0.15, 0.2) is 41.0 Å². The van der Waals surface area contributed by atoms with E-state index in [0.717, 1.165) is 17.7 Å². The van der Waals surface area contributed by atoms with E-state index in [9.17, 15) is 14.4 Å². The molecule has 2 amide bonds. The number of aliphatic imine (C=N–C) groups is 1. The van der Waals surface area contributed by atoms with E-state index in [1.807, 2.05) is 12.1 Å². The molecule has 1 aromatic carbocycles. The molecule has 10 heteroatoms. The van der Waals surface area contributed by atoms with Crippen molar-refractivity contribution in [2.45, 2.75) is 57.7 Å². The maximum absolute atomic E-state index is 13.1. The number of benzene rings is 1. The van der Waals surface area contributed by atoms with Crippen molar-refractivity contribution in [3.8, 4) is 5.75 Å². The highest BCUT2D eigenvalue weighted by Gasteiger charge is 2.36. The minimum Gasteiger partial charge on any atom is -0.497 e. The summed E-state index contributed by atoms with van der Waals surface area (Å²) in [7, 11) is 3.06. The molecule has 35 heavy (non-hydrogen) atoms. The first kappa shape index (κ1) is 27.8. The molecule has 0 spiro atoms. The van der Waals surface area contributed by atoms with Crippen LogP contribution in [0.3, 0.4) is 0 Å². The third-order valence-corrected chi connectivity index (χ3v) is 5.84. The van der Waals surface area contributed by atoms with Gasteiger partial charge in [0.05, 0.1) is 13.0 Å². The molecule has 1 aromatic rings. The maximum Gasteiger partial charge on any atom is 0.311 e. The zero-order valence-corrected chi connectivity index (χ0v) is 20.7. The van der Waals surface area contributed by atoms with Crippen molar-refractivity contribution in [1.29, 1.82) is 0 Å². The largest absolute Gasteiger partial charge is 0.497 e. The highest BCUT2D eigenvalue weighted by atomic mass is 16.5. The minimum atomic E-state index is -0.814. The Bertz CT molecular complexity index is 925. The van der Waals surface area contributed by atoms with Crippen LogP contribution in [-0.2, 0) is 25.7 Å². The number of esters is 1. The first-order chi connectivity index (χ1) is 16.8. The zero-order chi connectivity index (χ0) is 25.8. The smallest absolute Gasteiger partial charge is 0.311 e. The van der Waals surface area contributed by atoms with Crippen LogP contribution in [0.5, 0.6) is 5.75 Å². The Labute approximate surface area is 206 Å². The fraction of sp³-hybridized carbons (Fsp3) is 0.520. The lowest BCUT2D eigenvalue weighted by molar-refractivity contribution is -0.150. The number of methoxy groups -OCH3 is 1. The molecule has 0 unspecified atom stereocenters. The molecule has 0 saturated heterocycles. The van der Waals surface area contributed by atoms with Crippen molar-refractivity contribution in [3.63, 3.8) is 0 Å². The summed E-state index contributed by atoms with van der Waals surface area (Å²) < 4.78 is 10.7. The number of hydrogen-bond donors (Lipinski definition) is 4. The number of amides is 2. The van der Waals surface area contributed by atoms with Gasteiger partial charge in [0.15, 0.2) is 0 Å². The normalized spacial score (nSPS) is 19.1. The van der Waals surface area contributed by atoms with Crippen LogP contribution in [0, 0.1) is 5.92 Å². The molecular formula is C25H37N5O5. The standard InChI is InChI=1S/C25H37N5O5/c1-16(27)14-22(28-2)24(32)30-21(8-5-13-26)23(31)29-20-7-4-6-19(20)25(33)35-15-17-9-11-18(34-3)12-10-17/h9-12,14,19-21H,4-8,13,15,26-27H2,1-3H3,(H,29,31)(H,30,32)/b16-14-,28-22?/t19-,20+,21+/m1/s1. The van der Waals surface area contributed by atoms with Crippen molar-refractivity contribution in [2.24, 2.45) is 22.4 Å². The number of allylic oxidation sites excluding steroid dienone is 1. The predicted molar refractivity (Wildman–Crippen MR) is 134 cm³/mol. The van der Waals surface area contributed by atoms with E-state index in [1.54, 1.807) is 26.2 Å². The molecule has 0 heterocycles. The molecule has 1 aliphatic carbocycles. The van der Waals surface area contributed by atoms with E-state index in [4.69, 9.17) is 20.9 Å². The Morgan fingerprint density at radius 3 is 2.54 bits per heavy atom. The quantitative estimate of drug-likeness (QED) is 0.254. The molecule has 10 nitrogen and oxygen atoms in total. The second-order valence-corrected chi connectivity index (χ2v) is 8.56. The van der Waals surface area contributed by atoms with Crippen LogP contribution in [0.4, 0.5) is 0 Å². The Morgan fingerprint density at radius 2 is 1.94 bits per heavy atom. The fourth-order valence-corrected chi connectivity index (χ4v) is 3.95. The third kappa shape index (κ3) is 8.71.